The molecule has 0 aliphatic rings. The van der Waals surface area contributed by atoms with Crippen LogP contribution in [0.5, 0.6) is 0 Å². The fraction of sp³-hybridized carbons (Fsp3) is 0.143. The van der Waals surface area contributed by atoms with Gasteiger partial charge in [0, 0.05) is 15.3 Å². The number of nitrogen functional groups attached to an aromatic ring is 1. The van der Waals surface area contributed by atoms with E-state index in [1.165, 1.54) is 11.3 Å². The quantitative estimate of drug-likeness (QED) is 0.730. The molecule has 3 aromatic rings. The number of thiazole rings is 1. The van der Waals surface area contributed by atoms with E-state index in [2.05, 4.69) is 10.3 Å². The number of aryl methyl sites for hydroxylation is 1. The van der Waals surface area contributed by atoms with Crippen LogP contribution in [0.15, 0.2) is 29.8 Å². The molecule has 1 amide bonds. The number of thiophene rings is 1. The first-order valence-electron chi connectivity index (χ1n) is 6.10. The van der Waals surface area contributed by atoms with E-state index in [1.54, 1.807) is 16.8 Å². The van der Waals surface area contributed by atoms with Crippen molar-refractivity contribution in [2.75, 3.05) is 5.73 Å². The highest BCUT2D eigenvalue weighted by Gasteiger charge is 2.11. The third-order valence-corrected chi connectivity index (χ3v) is 5.07. The predicted molar refractivity (Wildman–Crippen MR) is 84.3 cm³/mol. The van der Waals surface area contributed by atoms with Gasteiger partial charge in [-0.25, -0.2) is 4.98 Å². The van der Waals surface area contributed by atoms with Crippen molar-refractivity contribution in [2.24, 2.45) is 0 Å². The summed E-state index contributed by atoms with van der Waals surface area (Å²) in [6, 6.07) is 7.56. The van der Waals surface area contributed by atoms with Crippen molar-refractivity contribution in [3.05, 3.63) is 45.2 Å². The number of hydrogen-bond donors (Lipinski definition) is 2. The van der Waals surface area contributed by atoms with Gasteiger partial charge in [0.1, 0.15) is 0 Å². The summed E-state index contributed by atoms with van der Waals surface area (Å²) in [5.74, 6) is -0.0578. The number of nitrogens with zero attached hydrogens (tertiary/aromatic N) is 1. The highest BCUT2D eigenvalue weighted by Crippen LogP contribution is 2.27. The van der Waals surface area contributed by atoms with Crippen molar-refractivity contribution >= 4 is 44.4 Å². The molecule has 2 heterocycles. The highest BCUT2D eigenvalue weighted by molar-refractivity contribution is 7.20. The zero-order valence-electron chi connectivity index (χ0n) is 10.8. The van der Waals surface area contributed by atoms with E-state index >= 15 is 0 Å². The van der Waals surface area contributed by atoms with Gasteiger partial charge >= 0.3 is 0 Å². The molecule has 3 rings (SSSR count). The van der Waals surface area contributed by atoms with Crippen LogP contribution in [0.3, 0.4) is 0 Å². The van der Waals surface area contributed by atoms with Gasteiger partial charge in [0.15, 0.2) is 0 Å². The molecule has 102 valence electrons. The molecule has 0 spiro atoms. The van der Waals surface area contributed by atoms with Gasteiger partial charge in [-0.1, -0.05) is 0 Å². The molecule has 0 saturated carbocycles. The molecular formula is C14H13N3OS2. The zero-order chi connectivity index (χ0) is 14.1. The molecule has 0 aliphatic heterocycles. The van der Waals surface area contributed by atoms with E-state index in [9.17, 15) is 4.79 Å². The number of amides is 1. The average molecular weight is 303 g/mol. The molecule has 0 atom stereocenters. The van der Waals surface area contributed by atoms with Crippen molar-refractivity contribution in [2.45, 2.75) is 13.5 Å². The Morgan fingerprint density at radius 3 is 3.00 bits per heavy atom. The molecule has 20 heavy (non-hydrogen) atoms. The Balaban J connectivity index is 1.77. The number of hydrogen-bond acceptors (Lipinski definition) is 5. The van der Waals surface area contributed by atoms with Gasteiger partial charge in [0.2, 0.25) is 0 Å². The van der Waals surface area contributed by atoms with Gasteiger partial charge in [-0.2, -0.15) is 0 Å². The van der Waals surface area contributed by atoms with Crippen molar-refractivity contribution < 1.29 is 4.79 Å². The van der Waals surface area contributed by atoms with E-state index in [1.807, 2.05) is 31.2 Å². The summed E-state index contributed by atoms with van der Waals surface area (Å²) < 4.78 is 1.07. The molecule has 6 heteroatoms. The summed E-state index contributed by atoms with van der Waals surface area (Å²) in [5.41, 5.74) is 9.22. The first kappa shape index (κ1) is 13.1. The second-order valence-electron chi connectivity index (χ2n) is 4.45. The number of benzene rings is 1. The smallest absolute Gasteiger partial charge is 0.261 e. The number of carbonyl (C=O) groups excluding carboxylic acids is 1. The van der Waals surface area contributed by atoms with E-state index in [0.29, 0.717) is 17.1 Å². The lowest BCUT2D eigenvalue weighted by molar-refractivity contribution is 0.0955. The van der Waals surface area contributed by atoms with Crippen LogP contribution in [0, 0.1) is 6.92 Å². The lowest BCUT2D eigenvalue weighted by Crippen LogP contribution is -2.21. The van der Waals surface area contributed by atoms with Crippen molar-refractivity contribution in [3.8, 4) is 0 Å². The Labute approximate surface area is 124 Å². The van der Waals surface area contributed by atoms with E-state index in [4.69, 9.17) is 5.73 Å². The normalized spacial score (nSPS) is 10.8. The molecule has 0 bridgehead atoms. The minimum Gasteiger partial charge on any atom is -0.399 e. The summed E-state index contributed by atoms with van der Waals surface area (Å²) in [6.45, 7) is 2.46. The lowest BCUT2D eigenvalue weighted by Gasteiger charge is -2.01. The Bertz CT molecular complexity index is 776. The summed E-state index contributed by atoms with van der Waals surface area (Å²) in [7, 11) is 0. The molecule has 0 radical (unpaired) electrons. The van der Waals surface area contributed by atoms with Crippen LogP contribution in [-0.2, 0) is 6.54 Å². The molecular weight excluding hydrogens is 290 g/mol. The van der Waals surface area contributed by atoms with Crippen LogP contribution < -0.4 is 11.1 Å². The summed E-state index contributed by atoms with van der Waals surface area (Å²) in [4.78, 5) is 18.1. The number of aromatic nitrogens is 1. The second-order valence-corrected chi connectivity index (χ2v) is 6.47. The highest BCUT2D eigenvalue weighted by atomic mass is 32.1. The molecule has 1 aromatic carbocycles. The van der Waals surface area contributed by atoms with Gasteiger partial charge in [0.05, 0.1) is 22.6 Å². The van der Waals surface area contributed by atoms with Crippen LogP contribution in [0.4, 0.5) is 5.69 Å². The maximum Gasteiger partial charge on any atom is 0.261 e. The first-order chi connectivity index (χ1) is 9.63. The van der Waals surface area contributed by atoms with E-state index in [0.717, 1.165) is 20.7 Å². The molecule has 2 aromatic heterocycles. The monoisotopic (exact) mass is 303 g/mol. The van der Waals surface area contributed by atoms with Crippen molar-refractivity contribution in [1.29, 1.82) is 0 Å². The van der Waals surface area contributed by atoms with E-state index in [-0.39, 0.29) is 5.91 Å². The third kappa shape index (κ3) is 2.52. The Morgan fingerprint density at radius 2 is 2.25 bits per heavy atom. The summed E-state index contributed by atoms with van der Waals surface area (Å²) >= 11 is 3.03. The predicted octanol–water partition coefficient (Wildman–Crippen LogP) is 3.18. The maximum atomic E-state index is 12.2. The Morgan fingerprint density at radius 1 is 1.40 bits per heavy atom. The second kappa shape index (κ2) is 5.22. The summed E-state index contributed by atoms with van der Waals surface area (Å²) in [6.07, 6.45) is 0. The van der Waals surface area contributed by atoms with Gasteiger partial charge in [-0.05, 0) is 36.6 Å². The summed E-state index contributed by atoms with van der Waals surface area (Å²) in [5, 5.41) is 3.94. The lowest BCUT2D eigenvalue weighted by atomic mass is 10.2. The number of fused-ring (bicyclic) bond motifs is 1. The Hall–Kier alpha value is -1.92. The average Bonchev–Trinajstić information content (AvgIpc) is 3.01. The fourth-order valence-electron chi connectivity index (χ4n) is 1.92. The molecule has 0 unspecified atom stereocenters. The van der Waals surface area contributed by atoms with Crippen LogP contribution in [-0.4, -0.2) is 10.9 Å². The molecule has 0 fully saturated rings. The SMILES string of the molecule is Cc1ncsc1CNC(=O)c1cc2cc(N)ccc2s1. The maximum absolute atomic E-state index is 12.2. The largest absolute Gasteiger partial charge is 0.399 e. The minimum atomic E-state index is -0.0578. The molecule has 4 nitrogen and oxygen atoms in total. The third-order valence-electron chi connectivity index (χ3n) is 3.02. The van der Waals surface area contributed by atoms with Crippen molar-refractivity contribution in [1.82, 2.24) is 10.3 Å². The van der Waals surface area contributed by atoms with Crippen LogP contribution in [0.2, 0.25) is 0 Å². The topological polar surface area (TPSA) is 68.0 Å². The molecule has 0 saturated heterocycles. The fourth-order valence-corrected chi connectivity index (χ4v) is 3.59. The van der Waals surface area contributed by atoms with Crippen LogP contribution in [0.1, 0.15) is 20.2 Å². The van der Waals surface area contributed by atoms with Gasteiger partial charge in [-0.15, -0.1) is 22.7 Å². The molecule has 3 N–H and O–H groups in total. The number of rotatable bonds is 3. The van der Waals surface area contributed by atoms with Gasteiger partial charge in [0.25, 0.3) is 5.91 Å². The van der Waals surface area contributed by atoms with Crippen LogP contribution in [0.25, 0.3) is 10.1 Å². The zero-order valence-corrected chi connectivity index (χ0v) is 12.5. The Kier molecular flexibility index (Phi) is 3.42. The minimum absolute atomic E-state index is 0.0578. The number of carbonyl (C=O) groups is 1. The van der Waals surface area contributed by atoms with Gasteiger partial charge < -0.3 is 11.1 Å². The number of nitrogens with one attached hydrogen (secondary N) is 1. The number of anilines is 1. The first-order valence-corrected chi connectivity index (χ1v) is 7.79. The molecule has 0 aliphatic carbocycles. The van der Waals surface area contributed by atoms with Gasteiger partial charge in [-0.3, -0.25) is 4.79 Å². The number of nitrogens with two attached hydrogens (primary N) is 1. The standard InChI is InChI=1S/C14H13N3OS2/c1-8-13(19-7-17-8)6-16-14(18)12-5-9-4-10(15)2-3-11(9)20-12/h2-5,7H,6,15H2,1H3,(H,16,18). The van der Waals surface area contributed by atoms with Crippen LogP contribution >= 0.6 is 22.7 Å². The van der Waals surface area contributed by atoms with Crippen molar-refractivity contribution in [3.63, 3.8) is 0 Å². The van der Waals surface area contributed by atoms with E-state index < -0.39 is 0 Å².